The average Bonchev–Trinajstić information content (AvgIpc) is 3.18. The van der Waals surface area contributed by atoms with Crippen molar-refractivity contribution < 1.29 is 13.9 Å². The fraction of sp³-hybridized carbons (Fsp3) is 0.143. The van der Waals surface area contributed by atoms with Gasteiger partial charge in [-0.1, -0.05) is 11.8 Å². The van der Waals surface area contributed by atoms with Gasteiger partial charge < -0.3 is 10.1 Å². The lowest BCUT2D eigenvalue weighted by Gasteiger charge is -2.07. The molecule has 4 aromatic rings. The van der Waals surface area contributed by atoms with Crippen molar-refractivity contribution in [3.05, 3.63) is 66.5 Å². The minimum absolute atomic E-state index is 0.145. The van der Waals surface area contributed by atoms with Crippen molar-refractivity contribution in [2.45, 2.75) is 11.9 Å². The molecule has 30 heavy (non-hydrogen) atoms. The molecular formula is C21H18FN5O2S. The molecule has 0 fully saturated rings. The molecule has 0 aliphatic rings. The number of benzene rings is 2. The molecule has 0 saturated heterocycles. The molecule has 2 aromatic heterocycles. The van der Waals surface area contributed by atoms with Crippen LogP contribution in [-0.2, 0) is 4.79 Å². The fourth-order valence-corrected chi connectivity index (χ4v) is 3.42. The number of ether oxygens (including phenoxy) is 1. The van der Waals surface area contributed by atoms with Crippen LogP contribution in [0.1, 0.15) is 6.92 Å². The lowest BCUT2D eigenvalue weighted by molar-refractivity contribution is -0.113. The van der Waals surface area contributed by atoms with Crippen LogP contribution in [-0.4, -0.2) is 38.1 Å². The molecule has 152 valence electrons. The molecule has 0 aliphatic carbocycles. The van der Waals surface area contributed by atoms with E-state index in [1.165, 1.54) is 23.9 Å². The van der Waals surface area contributed by atoms with E-state index in [2.05, 4.69) is 20.6 Å². The Bertz CT molecular complexity index is 1160. The first kappa shape index (κ1) is 19.8. The topological polar surface area (TPSA) is 81.4 Å². The van der Waals surface area contributed by atoms with Gasteiger partial charge in [-0.2, -0.15) is 9.61 Å². The lowest BCUT2D eigenvalue weighted by atomic mass is 10.2. The molecule has 0 spiro atoms. The number of carbonyl (C=O) groups is 1. The predicted molar refractivity (Wildman–Crippen MR) is 113 cm³/mol. The summed E-state index contributed by atoms with van der Waals surface area (Å²) < 4.78 is 20.2. The summed E-state index contributed by atoms with van der Waals surface area (Å²) in [5.41, 5.74) is 1.97. The van der Waals surface area contributed by atoms with E-state index in [4.69, 9.17) is 4.74 Å². The number of hydrogen-bond donors (Lipinski definition) is 1. The molecule has 2 heterocycles. The van der Waals surface area contributed by atoms with E-state index >= 15 is 0 Å². The molecule has 9 heteroatoms. The zero-order chi connectivity index (χ0) is 20.9. The summed E-state index contributed by atoms with van der Waals surface area (Å²) in [4.78, 5) is 12.3. The van der Waals surface area contributed by atoms with Crippen LogP contribution in [0.15, 0.2) is 65.7 Å². The summed E-state index contributed by atoms with van der Waals surface area (Å²) >= 11 is 1.30. The van der Waals surface area contributed by atoms with Crippen molar-refractivity contribution in [2.75, 3.05) is 17.7 Å². The first-order chi connectivity index (χ1) is 14.6. The highest BCUT2D eigenvalue weighted by Crippen LogP contribution is 2.21. The summed E-state index contributed by atoms with van der Waals surface area (Å²) in [5, 5.41) is 16.2. The van der Waals surface area contributed by atoms with E-state index < -0.39 is 0 Å². The molecule has 0 bridgehead atoms. The predicted octanol–water partition coefficient (Wildman–Crippen LogP) is 4.06. The van der Waals surface area contributed by atoms with Crippen LogP contribution in [0.25, 0.3) is 17.0 Å². The first-order valence-corrected chi connectivity index (χ1v) is 10.2. The quantitative estimate of drug-likeness (QED) is 0.452. The highest BCUT2D eigenvalue weighted by molar-refractivity contribution is 7.99. The molecule has 2 aromatic carbocycles. The third kappa shape index (κ3) is 4.57. The molecule has 7 nitrogen and oxygen atoms in total. The van der Waals surface area contributed by atoms with Gasteiger partial charge in [-0.15, -0.1) is 10.2 Å². The summed E-state index contributed by atoms with van der Waals surface area (Å²) in [5.74, 6) is 0.989. The smallest absolute Gasteiger partial charge is 0.234 e. The number of halogens is 1. The minimum atomic E-state index is -0.324. The standard InChI is InChI=1S/C21H18FN5O2S/c1-2-29-17-9-7-16(8-10-17)23-19(28)13-30-20-12-11-18-24-25-21(27(18)26-20)14-3-5-15(22)6-4-14/h3-12H,2,13H2,1H3,(H,23,28). The van der Waals surface area contributed by atoms with Crippen molar-refractivity contribution in [2.24, 2.45) is 0 Å². The summed E-state index contributed by atoms with van der Waals surface area (Å²) in [6.45, 7) is 2.51. The van der Waals surface area contributed by atoms with Crippen molar-refractivity contribution in [3.8, 4) is 17.1 Å². The Morgan fingerprint density at radius 1 is 1.07 bits per heavy atom. The largest absolute Gasteiger partial charge is 0.494 e. The maximum atomic E-state index is 13.2. The van der Waals surface area contributed by atoms with E-state index in [-0.39, 0.29) is 17.5 Å². The normalized spacial score (nSPS) is 10.9. The van der Waals surface area contributed by atoms with Crippen LogP contribution in [0.2, 0.25) is 0 Å². The zero-order valence-electron chi connectivity index (χ0n) is 16.1. The highest BCUT2D eigenvalue weighted by Gasteiger charge is 2.11. The molecule has 0 unspecified atom stereocenters. The second-order valence-electron chi connectivity index (χ2n) is 6.27. The Balaban J connectivity index is 1.43. The van der Waals surface area contributed by atoms with Crippen molar-refractivity contribution in [1.29, 1.82) is 0 Å². The first-order valence-electron chi connectivity index (χ1n) is 9.26. The lowest BCUT2D eigenvalue weighted by Crippen LogP contribution is -2.14. The highest BCUT2D eigenvalue weighted by atomic mass is 32.2. The maximum absolute atomic E-state index is 13.2. The SMILES string of the molecule is CCOc1ccc(NC(=O)CSc2ccc3nnc(-c4ccc(F)cc4)n3n2)cc1. The number of aromatic nitrogens is 4. The number of carbonyl (C=O) groups excluding carboxylic acids is 1. The molecule has 0 aliphatic heterocycles. The van der Waals surface area contributed by atoms with Gasteiger partial charge in [0, 0.05) is 11.3 Å². The van der Waals surface area contributed by atoms with Gasteiger partial charge in [-0.25, -0.2) is 4.39 Å². The Morgan fingerprint density at radius 2 is 1.83 bits per heavy atom. The third-order valence-electron chi connectivity index (χ3n) is 4.14. The number of fused-ring (bicyclic) bond motifs is 1. The van der Waals surface area contributed by atoms with Gasteiger partial charge >= 0.3 is 0 Å². The number of thioether (sulfide) groups is 1. The number of anilines is 1. The van der Waals surface area contributed by atoms with E-state index in [1.807, 2.05) is 19.1 Å². The van der Waals surface area contributed by atoms with E-state index in [9.17, 15) is 9.18 Å². The number of nitrogens with one attached hydrogen (secondary N) is 1. The third-order valence-corrected chi connectivity index (χ3v) is 5.06. The Hall–Kier alpha value is -3.46. The van der Waals surface area contributed by atoms with Gasteiger partial charge in [-0.3, -0.25) is 4.79 Å². The van der Waals surface area contributed by atoms with Gasteiger partial charge in [0.1, 0.15) is 16.6 Å². The Morgan fingerprint density at radius 3 is 2.57 bits per heavy atom. The zero-order valence-corrected chi connectivity index (χ0v) is 16.9. The fourth-order valence-electron chi connectivity index (χ4n) is 2.77. The summed E-state index contributed by atoms with van der Waals surface area (Å²) in [6, 6.07) is 16.7. The number of nitrogens with zero attached hydrogens (tertiary/aromatic N) is 4. The van der Waals surface area contributed by atoms with Crippen LogP contribution in [0, 0.1) is 5.82 Å². The second-order valence-corrected chi connectivity index (χ2v) is 7.26. The van der Waals surface area contributed by atoms with Gasteiger partial charge in [0.15, 0.2) is 11.5 Å². The summed E-state index contributed by atoms with van der Waals surface area (Å²) in [7, 11) is 0. The van der Waals surface area contributed by atoms with Crippen molar-refractivity contribution >= 4 is 29.0 Å². The van der Waals surface area contributed by atoms with Crippen molar-refractivity contribution in [1.82, 2.24) is 19.8 Å². The van der Waals surface area contributed by atoms with Crippen molar-refractivity contribution in [3.63, 3.8) is 0 Å². The van der Waals surface area contributed by atoms with E-state index in [1.54, 1.807) is 40.9 Å². The monoisotopic (exact) mass is 423 g/mol. The summed E-state index contributed by atoms with van der Waals surface area (Å²) in [6.07, 6.45) is 0. The van der Waals surface area contributed by atoms with Crippen LogP contribution in [0.4, 0.5) is 10.1 Å². The molecule has 1 amide bonds. The molecular weight excluding hydrogens is 405 g/mol. The Labute approximate surface area is 176 Å². The average molecular weight is 423 g/mol. The molecule has 0 atom stereocenters. The van der Waals surface area contributed by atoms with E-state index in [0.29, 0.717) is 34.4 Å². The number of rotatable bonds is 7. The molecule has 0 radical (unpaired) electrons. The number of hydrogen-bond acceptors (Lipinski definition) is 6. The maximum Gasteiger partial charge on any atom is 0.234 e. The van der Waals surface area contributed by atoms with Crippen LogP contribution in [0.3, 0.4) is 0 Å². The number of amides is 1. The Kier molecular flexibility index (Phi) is 5.89. The van der Waals surface area contributed by atoms with Gasteiger partial charge in [0.2, 0.25) is 5.91 Å². The second kappa shape index (κ2) is 8.91. The molecule has 4 rings (SSSR count). The minimum Gasteiger partial charge on any atom is -0.494 e. The van der Waals surface area contributed by atoms with Gasteiger partial charge in [0.25, 0.3) is 0 Å². The van der Waals surface area contributed by atoms with Crippen LogP contribution >= 0.6 is 11.8 Å². The van der Waals surface area contributed by atoms with Crippen LogP contribution in [0.5, 0.6) is 5.75 Å². The van der Waals surface area contributed by atoms with Gasteiger partial charge in [0.05, 0.1) is 12.4 Å². The van der Waals surface area contributed by atoms with Gasteiger partial charge in [-0.05, 0) is 67.6 Å². The van der Waals surface area contributed by atoms with E-state index in [0.717, 1.165) is 5.75 Å². The molecule has 0 saturated carbocycles. The van der Waals surface area contributed by atoms with Crippen LogP contribution < -0.4 is 10.1 Å². The molecule has 1 N–H and O–H groups in total.